The van der Waals surface area contributed by atoms with Gasteiger partial charge in [-0.3, -0.25) is 0 Å². The predicted octanol–water partition coefficient (Wildman–Crippen LogP) is 3.59. The van der Waals surface area contributed by atoms with Gasteiger partial charge in [0.25, 0.3) is 0 Å². The molecule has 0 aliphatic carbocycles. The van der Waals surface area contributed by atoms with Gasteiger partial charge in [-0.15, -0.1) is 0 Å². The maximum absolute atomic E-state index is 5.73. The Labute approximate surface area is 130 Å². The van der Waals surface area contributed by atoms with Gasteiger partial charge < -0.3 is 10.1 Å². The van der Waals surface area contributed by atoms with Gasteiger partial charge in [0.2, 0.25) is 0 Å². The highest BCUT2D eigenvalue weighted by molar-refractivity contribution is 9.10. The molecule has 20 heavy (non-hydrogen) atoms. The van der Waals surface area contributed by atoms with Gasteiger partial charge >= 0.3 is 0 Å². The van der Waals surface area contributed by atoms with Gasteiger partial charge in [-0.2, -0.15) is 0 Å². The number of fused-ring (bicyclic) bond motifs is 1. The highest BCUT2D eigenvalue weighted by atomic mass is 79.9. The molecule has 0 atom stereocenters. The van der Waals surface area contributed by atoms with Crippen molar-refractivity contribution < 1.29 is 0 Å². The fourth-order valence-electron chi connectivity index (χ4n) is 2.22. The SMILES string of the molecule is NC(=S)Cc1c(-c2ccc(Br)cc2)nc2ccccn12. The Balaban J connectivity index is 2.23. The van der Waals surface area contributed by atoms with Gasteiger partial charge in [-0.05, 0) is 24.3 Å². The molecule has 1 aromatic carbocycles. The first-order chi connectivity index (χ1) is 9.65. The zero-order chi connectivity index (χ0) is 14.1. The van der Waals surface area contributed by atoms with Crippen molar-refractivity contribution in [1.82, 2.24) is 9.38 Å². The second-order valence-electron chi connectivity index (χ2n) is 4.49. The number of benzene rings is 1. The molecule has 3 aromatic rings. The Morgan fingerprint density at radius 1 is 1.20 bits per heavy atom. The van der Waals surface area contributed by atoms with E-state index in [0.29, 0.717) is 11.4 Å². The quantitative estimate of drug-likeness (QED) is 0.737. The topological polar surface area (TPSA) is 43.3 Å². The summed E-state index contributed by atoms with van der Waals surface area (Å²) in [4.78, 5) is 5.16. The zero-order valence-corrected chi connectivity index (χ0v) is 13.0. The Bertz CT molecular complexity index is 777. The molecule has 0 amide bonds. The molecule has 100 valence electrons. The summed E-state index contributed by atoms with van der Waals surface area (Å²) >= 11 is 8.51. The Morgan fingerprint density at radius 3 is 2.65 bits per heavy atom. The Morgan fingerprint density at radius 2 is 1.95 bits per heavy atom. The molecule has 0 spiro atoms. The number of imidazole rings is 1. The number of pyridine rings is 1. The maximum Gasteiger partial charge on any atom is 0.137 e. The summed E-state index contributed by atoms with van der Waals surface area (Å²) in [6, 6.07) is 14.0. The molecule has 5 heteroatoms. The Kier molecular flexibility index (Phi) is 3.54. The number of thiocarbonyl (C=S) groups is 1. The van der Waals surface area contributed by atoms with Gasteiger partial charge in [0, 0.05) is 22.7 Å². The molecule has 0 saturated heterocycles. The first-order valence-electron chi connectivity index (χ1n) is 6.15. The van der Waals surface area contributed by atoms with Gasteiger partial charge in [0.05, 0.1) is 16.4 Å². The van der Waals surface area contributed by atoms with Crippen LogP contribution in [0.25, 0.3) is 16.9 Å². The number of halogens is 1. The lowest BCUT2D eigenvalue weighted by Gasteiger charge is -2.04. The summed E-state index contributed by atoms with van der Waals surface area (Å²) in [5.74, 6) is 0. The molecule has 3 nitrogen and oxygen atoms in total. The van der Waals surface area contributed by atoms with Crippen LogP contribution in [0.5, 0.6) is 0 Å². The smallest absolute Gasteiger partial charge is 0.137 e. The van der Waals surface area contributed by atoms with E-state index >= 15 is 0 Å². The van der Waals surface area contributed by atoms with Crippen LogP contribution in [0.4, 0.5) is 0 Å². The van der Waals surface area contributed by atoms with Crippen molar-refractivity contribution in [1.29, 1.82) is 0 Å². The van der Waals surface area contributed by atoms with Crippen LogP contribution in [0.15, 0.2) is 53.1 Å². The number of hydrogen-bond acceptors (Lipinski definition) is 2. The van der Waals surface area contributed by atoms with Gasteiger partial charge in [0.1, 0.15) is 5.65 Å². The van der Waals surface area contributed by atoms with Crippen molar-refractivity contribution in [3.63, 3.8) is 0 Å². The fraction of sp³-hybridized carbons (Fsp3) is 0.0667. The number of aromatic nitrogens is 2. The molecule has 0 radical (unpaired) electrons. The maximum atomic E-state index is 5.73. The van der Waals surface area contributed by atoms with Crippen molar-refractivity contribution >= 4 is 38.8 Å². The van der Waals surface area contributed by atoms with Crippen LogP contribution in [0.1, 0.15) is 5.69 Å². The summed E-state index contributed by atoms with van der Waals surface area (Å²) in [6.07, 6.45) is 2.52. The summed E-state index contributed by atoms with van der Waals surface area (Å²) < 4.78 is 3.08. The molecule has 2 aromatic heterocycles. The van der Waals surface area contributed by atoms with Crippen LogP contribution in [-0.4, -0.2) is 14.4 Å². The number of hydrogen-bond donors (Lipinski definition) is 1. The number of rotatable bonds is 3. The average Bonchev–Trinajstić information content (AvgIpc) is 2.78. The molecule has 2 N–H and O–H groups in total. The van der Waals surface area contributed by atoms with Crippen molar-refractivity contribution in [2.75, 3.05) is 0 Å². The molecule has 0 fully saturated rings. The zero-order valence-electron chi connectivity index (χ0n) is 10.6. The molecular formula is C15H12BrN3S. The molecule has 0 saturated carbocycles. The van der Waals surface area contributed by atoms with Crippen LogP contribution in [0.3, 0.4) is 0 Å². The van der Waals surface area contributed by atoms with Crippen LogP contribution in [-0.2, 0) is 6.42 Å². The van der Waals surface area contributed by atoms with E-state index in [0.717, 1.165) is 27.1 Å². The number of nitrogens with zero attached hydrogens (tertiary/aromatic N) is 2. The third kappa shape index (κ3) is 2.46. The molecular weight excluding hydrogens is 334 g/mol. The van der Waals surface area contributed by atoms with E-state index in [1.807, 2.05) is 53.1 Å². The standard InChI is InChI=1S/C15H12BrN3S/c16-11-6-4-10(5-7-11)15-12(9-13(17)20)19-8-2-1-3-14(19)18-15/h1-8H,9H2,(H2,17,20). The third-order valence-electron chi connectivity index (χ3n) is 3.09. The lowest BCUT2D eigenvalue weighted by molar-refractivity contribution is 1.07. The first kappa shape index (κ1) is 13.3. The molecule has 3 rings (SSSR count). The second kappa shape index (κ2) is 5.34. The van der Waals surface area contributed by atoms with E-state index < -0.39 is 0 Å². The average molecular weight is 346 g/mol. The van der Waals surface area contributed by atoms with Crippen LogP contribution < -0.4 is 5.73 Å². The van der Waals surface area contributed by atoms with E-state index in [4.69, 9.17) is 22.9 Å². The van der Waals surface area contributed by atoms with Crippen molar-refractivity contribution in [2.45, 2.75) is 6.42 Å². The van der Waals surface area contributed by atoms with Crippen LogP contribution in [0, 0.1) is 0 Å². The largest absolute Gasteiger partial charge is 0.393 e. The monoisotopic (exact) mass is 345 g/mol. The molecule has 2 heterocycles. The van der Waals surface area contributed by atoms with Crippen LogP contribution >= 0.6 is 28.1 Å². The van der Waals surface area contributed by atoms with Crippen molar-refractivity contribution in [2.24, 2.45) is 5.73 Å². The second-order valence-corrected chi connectivity index (χ2v) is 5.93. The normalized spacial score (nSPS) is 10.8. The van der Waals surface area contributed by atoms with E-state index in [1.165, 1.54) is 0 Å². The number of nitrogens with two attached hydrogens (primary N) is 1. The lowest BCUT2D eigenvalue weighted by Crippen LogP contribution is -2.13. The van der Waals surface area contributed by atoms with E-state index in [2.05, 4.69) is 15.9 Å². The molecule has 0 aliphatic heterocycles. The van der Waals surface area contributed by atoms with E-state index in [-0.39, 0.29) is 0 Å². The predicted molar refractivity (Wildman–Crippen MR) is 88.8 cm³/mol. The van der Waals surface area contributed by atoms with E-state index in [1.54, 1.807) is 0 Å². The van der Waals surface area contributed by atoms with Gasteiger partial charge in [-0.25, -0.2) is 4.98 Å². The summed E-state index contributed by atoms with van der Waals surface area (Å²) in [6.45, 7) is 0. The first-order valence-corrected chi connectivity index (χ1v) is 7.35. The summed E-state index contributed by atoms with van der Waals surface area (Å²) in [5.41, 5.74) is 9.64. The minimum absolute atomic E-state index is 0.467. The van der Waals surface area contributed by atoms with E-state index in [9.17, 15) is 0 Å². The summed E-state index contributed by atoms with van der Waals surface area (Å²) in [7, 11) is 0. The van der Waals surface area contributed by atoms with Crippen molar-refractivity contribution in [3.8, 4) is 11.3 Å². The third-order valence-corrected chi connectivity index (χ3v) is 3.76. The molecule has 0 bridgehead atoms. The minimum atomic E-state index is 0.467. The molecule has 0 unspecified atom stereocenters. The van der Waals surface area contributed by atoms with Crippen molar-refractivity contribution in [3.05, 3.63) is 58.8 Å². The fourth-order valence-corrected chi connectivity index (χ4v) is 2.62. The van der Waals surface area contributed by atoms with Gasteiger partial charge in [-0.1, -0.05) is 46.3 Å². The highest BCUT2D eigenvalue weighted by Gasteiger charge is 2.14. The Hall–Kier alpha value is -1.72. The van der Waals surface area contributed by atoms with Crippen LogP contribution in [0.2, 0.25) is 0 Å². The molecule has 0 aliphatic rings. The highest BCUT2D eigenvalue weighted by Crippen LogP contribution is 2.26. The van der Waals surface area contributed by atoms with Gasteiger partial charge in [0.15, 0.2) is 0 Å². The lowest BCUT2D eigenvalue weighted by atomic mass is 10.1. The summed E-state index contributed by atoms with van der Waals surface area (Å²) in [5, 5.41) is 0. The minimum Gasteiger partial charge on any atom is -0.393 e.